The van der Waals surface area contributed by atoms with Gasteiger partial charge in [-0.15, -0.1) is 0 Å². The Morgan fingerprint density at radius 1 is 0.903 bits per heavy atom. The van der Waals surface area contributed by atoms with E-state index < -0.39 is 23.5 Å². The maximum absolute atomic E-state index is 13.3. The van der Waals surface area contributed by atoms with Crippen LogP contribution in [0.4, 0.5) is 30.7 Å². The molecular weight excluding hydrogens is 427 g/mol. The zero-order valence-corrected chi connectivity index (χ0v) is 16.7. The molecular formula is C22H22F7NO. The Kier molecular flexibility index (Phi) is 6.95. The van der Waals surface area contributed by atoms with E-state index in [9.17, 15) is 30.7 Å². The third-order valence-electron chi connectivity index (χ3n) is 5.59. The van der Waals surface area contributed by atoms with Crippen LogP contribution in [-0.2, 0) is 23.5 Å². The van der Waals surface area contributed by atoms with Gasteiger partial charge in [0.1, 0.15) is 5.82 Å². The quantitative estimate of drug-likeness (QED) is 0.550. The van der Waals surface area contributed by atoms with E-state index in [4.69, 9.17) is 4.74 Å². The molecule has 31 heavy (non-hydrogen) atoms. The lowest BCUT2D eigenvalue weighted by molar-refractivity contribution is -0.143. The van der Waals surface area contributed by atoms with E-state index in [-0.39, 0.29) is 48.5 Å². The molecule has 2 nitrogen and oxygen atoms in total. The fourth-order valence-corrected chi connectivity index (χ4v) is 4.10. The monoisotopic (exact) mass is 449 g/mol. The minimum Gasteiger partial charge on any atom is -0.377 e. The van der Waals surface area contributed by atoms with Crippen molar-refractivity contribution < 1.29 is 35.5 Å². The molecule has 2 aromatic rings. The molecule has 0 spiro atoms. The minimum absolute atomic E-state index is 0.0304. The standard InChI is InChI=1S/C22H22F7NO/c1-30-18-6-7-19(20(18)14-2-4-17(23)5-3-14)31-9-8-13-10-15(21(24,25)26)12-16(11-13)22(27,28)29/h2-5,10-12,18-20,30H,6-9H2,1H3/t18-,19+,20+/m1/s1. The van der Waals surface area contributed by atoms with Crippen molar-refractivity contribution >= 4 is 0 Å². The van der Waals surface area contributed by atoms with Gasteiger partial charge in [0.25, 0.3) is 0 Å². The summed E-state index contributed by atoms with van der Waals surface area (Å²) in [5.74, 6) is -0.469. The summed E-state index contributed by atoms with van der Waals surface area (Å²) in [6.07, 6.45) is -8.68. The van der Waals surface area contributed by atoms with E-state index in [0.29, 0.717) is 6.42 Å². The summed E-state index contributed by atoms with van der Waals surface area (Å²) in [4.78, 5) is 0. The van der Waals surface area contributed by atoms with Crippen LogP contribution in [0.2, 0.25) is 0 Å². The average Bonchev–Trinajstić information content (AvgIpc) is 3.10. The molecule has 0 radical (unpaired) electrons. The Balaban J connectivity index is 1.73. The number of benzene rings is 2. The molecule has 1 aliphatic rings. The second kappa shape index (κ2) is 9.16. The number of likely N-dealkylation sites (N-methyl/N-ethyl adjacent to an activating group) is 1. The van der Waals surface area contributed by atoms with Gasteiger partial charge in [0.2, 0.25) is 0 Å². The minimum atomic E-state index is -4.88. The third kappa shape index (κ3) is 5.77. The summed E-state index contributed by atoms with van der Waals surface area (Å²) in [5, 5.41) is 3.19. The summed E-state index contributed by atoms with van der Waals surface area (Å²) >= 11 is 0. The summed E-state index contributed by atoms with van der Waals surface area (Å²) < 4.78 is 97.3. The smallest absolute Gasteiger partial charge is 0.377 e. The van der Waals surface area contributed by atoms with Crippen LogP contribution in [0.25, 0.3) is 0 Å². The number of halogens is 7. The summed E-state index contributed by atoms with van der Waals surface area (Å²) in [5.41, 5.74) is -1.90. The predicted octanol–water partition coefficient (Wildman–Crippen LogP) is 5.96. The van der Waals surface area contributed by atoms with Gasteiger partial charge < -0.3 is 10.1 Å². The van der Waals surface area contributed by atoms with Crippen molar-refractivity contribution in [2.45, 2.75) is 49.7 Å². The lowest BCUT2D eigenvalue weighted by Crippen LogP contribution is -2.32. The SMILES string of the molecule is CN[C@@H]1CC[C@H](OCCc2cc(C(F)(F)F)cc(C(F)(F)F)c2)[C@H]1c1ccc(F)cc1. The summed E-state index contributed by atoms with van der Waals surface area (Å²) in [7, 11) is 1.80. The van der Waals surface area contributed by atoms with Crippen LogP contribution >= 0.6 is 0 Å². The topological polar surface area (TPSA) is 21.3 Å². The van der Waals surface area contributed by atoms with E-state index in [2.05, 4.69) is 5.32 Å². The Hall–Kier alpha value is -2.13. The van der Waals surface area contributed by atoms with Crippen LogP contribution in [0.3, 0.4) is 0 Å². The zero-order valence-electron chi connectivity index (χ0n) is 16.7. The highest BCUT2D eigenvalue weighted by Gasteiger charge is 2.38. The van der Waals surface area contributed by atoms with Crippen LogP contribution in [0, 0.1) is 5.82 Å². The highest BCUT2D eigenvalue weighted by Crippen LogP contribution is 2.38. The van der Waals surface area contributed by atoms with E-state index >= 15 is 0 Å². The molecule has 0 heterocycles. The molecule has 3 atom stereocenters. The van der Waals surface area contributed by atoms with Gasteiger partial charge in [-0.1, -0.05) is 12.1 Å². The number of alkyl halides is 6. The molecule has 1 aliphatic carbocycles. The van der Waals surface area contributed by atoms with Crippen molar-refractivity contribution in [3.63, 3.8) is 0 Å². The molecule has 0 bridgehead atoms. The van der Waals surface area contributed by atoms with Gasteiger partial charge in [0.05, 0.1) is 23.8 Å². The van der Waals surface area contributed by atoms with Gasteiger partial charge in [0, 0.05) is 12.0 Å². The van der Waals surface area contributed by atoms with E-state index in [1.807, 2.05) is 0 Å². The molecule has 170 valence electrons. The molecule has 0 amide bonds. The van der Waals surface area contributed by atoms with Gasteiger partial charge in [-0.3, -0.25) is 0 Å². The van der Waals surface area contributed by atoms with Crippen molar-refractivity contribution in [3.05, 3.63) is 70.5 Å². The predicted molar refractivity (Wildman–Crippen MR) is 101 cm³/mol. The molecule has 2 aromatic carbocycles. The van der Waals surface area contributed by atoms with Crippen molar-refractivity contribution in [2.24, 2.45) is 0 Å². The van der Waals surface area contributed by atoms with Crippen molar-refractivity contribution in [1.82, 2.24) is 5.32 Å². The first kappa shape index (κ1) is 23.5. The lowest BCUT2D eigenvalue weighted by Gasteiger charge is -2.25. The second-order valence-corrected chi connectivity index (χ2v) is 7.62. The first-order valence-corrected chi connectivity index (χ1v) is 9.81. The van der Waals surface area contributed by atoms with Gasteiger partial charge >= 0.3 is 12.4 Å². The Morgan fingerprint density at radius 2 is 1.48 bits per heavy atom. The lowest BCUT2D eigenvalue weighted by atomic mass is 9.92. The Labute approximate surface area is 175 Å². The molecule has 0 aliphatic heterocycles. The van der Waals surface area contributed by atoms with Crippen molar-refractivity contribution in [3.8, 4) is 0 Å². The number of hydrogen-bond acceptors (Lipinski definition) is 2. The molecule has 1 N–H and O–H groups in total. The van der Waals surface area contributed by atoms with Gasteiger partial charge in [-0.2, -0.15) is 26.3 Å². The maximum atomic E-state index is 13.3. The van der Waals surface area contributed by atoms with Gasteiger partial charge in [-0.25, -0.2) is 4.39 Å². The molecule has 3 rings (SSSR count). The fraction of sp³-hybridized carbons (Fsp3) is 0.455. The van der Waals surface area contributed by atoms with E-state index in [0.717, 1.165) is 24.1 Å². The second-order valence-electron chi connectivity index (χ2n) is 7.62. The number of rotatable bonds is 6. The number of nitrogens with one attached hydrogen (secondary N) is 1. The largest absolute Gasteiger partial charge is 0.416 e. The van der Waals surface area contributed by atoms with Crippen molar-refractivity contribution in [1.29, 1.82) is 0 Å². The number of ether oxygens (including phenoxy) is 1. The van der Waals surface area contributed by atoms with E-state index in [1.54, 1.807) is 19.2 Å². The third-order valence-corrected chi connectivity index (χ3v) is 5.59. The van der Waals surface area contributed by atoms with Crippen LogP contribution in [0.1, 0.15) is 41.0 Å². The first-order valence-electron chi connectivity index (χ1n) is 9.81. The highest BCUT2D eigenvalue weighted by atomic mass is 19.4. The summed E-state index contributed by atoms with van der Waals surface area (Å²) in [6.45, 7) is -0.0304. The van der Waals surface area contributed by atoms with Crippen LogP contribution in [0.15, 0.2) is 42.5 Å². The van der Waals surface area contributed by atoms with Crippen LogP contribution in [0.5, 0.6) is 0 Å². The van der Waals surface area contributed by atoms with Crippen molar-refractivity contribution in [2.75, 3.05) is 13.7 Å². The molecule has 1 fully saturated rings. The van der Waals surface area contributed by atoms with Gasteiger partial charge in [-0.05, 0) is 67.8 Å². The molecule has 1 saturated carbocycles. The van der Waals surface area contributed by atoms with Crippen LogP contribution < -0.4 is 5.32 Å². The first-order chi connectivity index (χ1) is 14.5. The highest BCUT2D eigenvalue weighted by molar-refractivity contribution is 5.34. The number of hydrogen-bond donors (Lipinski definition) is 1. The molecule has 0 unspecified atom stereocenters. The zero-order chi connectivity index (χ0) is 22.8. The Morgan fingerprint density at radius 3 is 2.00 bits per heavy atom. The van der Waals surface area contributed by atoms with E-state index in [1.165, 1.54) is 12.1 Å². The average molecular weight is 449 g/mol. The summed E-state index contributed by atoms with van der Waals surface area (Å²) in [6, 6.07) is 7.65. The van der Waals surface area contributed by atoms with Gasteiger partial charge in [0.15, 0.2) is 0 Å². The maximum Gasteiger partial charge on any atom is 0.416 e. The normalized spacial score (nSPS) is 22.1. The molecule has 0 saturated heterocycles. The molecule has 9 heteroatoms. The fourth-order valence-electron chi connectivity index (χ4n) is 4.10. The Bertz CT molecular complexity index is 845. The van der Waals surface area contributed by atoms with Crippen LogP contribution in [-0.4, -0.2) is 25.8 Å². The molecule has 0 aromatic heterocycles.